The zero-order valence-corrected chi connectivity index (χ0v) is 16.6. The van der Waals surface area contributed by atoms with Crippen LogP contribution in [0.5, 0.6) is 17.2 Å². The van der Waals surface area contributed by atoms with Gasteiger partial charge in [-0.1, -0.05) is 0 Å². The zero-order valence-electron chi connectivity index (χ0n) is 15.8. The first kappa shape index (κ1) is 21.0. The van der Waals surface area contributed by atoms with Gasteiger partial charge in [0.05, 0.1) is 34.0 Å². The molecule has 0 unspecified atom stereocenters. The molecular formula is C19H20N2O6S. The first-order valence-corrected chi connectivity index (χ1v) is 8.45. The molecule has 0 aliphatic heterocycles. The van der Waals surface area contributed by atoms with E-state index >= 15 is 0 Å². The van der Waals surface area contributed by atoms with Crippen LogP contribution in [0.15, 0.2) is 36.4 Å². The molecule has 0 fully saturated rings. The van der Waals surface area contributed by atoms with E-state index in [1.807, 2.05) is 0 Å². The first-order valence-electron chi connectivity index (χ1n) is 8.04. The van der Waals surface area contributed by atoms with Crippen LogP contribution in [0.2, 0.25) is 0 Å². The molecule has 0 saturated carbocycles. The highest BCUT2D eigenvalue weighted by atomic mass is 32.1. The molecule has 148 valence electrons. The third-order valence-corrected chi connectivity index (χ3v) is 3.92. The van der Waals surface area contributed by atoms with Gasteiger partial charge in [-0.05, 0) is 48.6 Å². The molecule has 28 heavy (non-hydrogen) atoms. The second-order valence-electron chi connectivity index (χ2n) is 5.39. The van der Waals surface area contributed by atoms with E-state index < -0.39 is 11.9 Å². The Balaban J connectivity index is 2.10. The van der Waals surface area contributed by atoms with Crippen molar-refractivity contribution in [2.24, 2.45) is 0 Å². The number of amides is 1. The van der Waals surface area contributed by atoms with Crippen molar-refractivity contribution in [1.82, 2.24) is 5.32 Å². The lowest BCUT2D eigenvalue weighted by atomic mass is 10.1. The van der Waals surface area contributed by atoms with Crippen molar-refractivity contribution in [2.75, 3.05) is 33.8 Å². The summed E-state index contributed by atoms with van der Waals surface area (Å²) in [4.78, 5) is 24.0. The van der Waals surface area contributed by atoms with E-state index in [4.69, 9.17) is 26.4 Å². The standard InChI is InChI=1S/C19H20N2O6S/c1-24-14-9-12(10-15(25-2)16(14)26-3)17(22)21-19(28)20-13-7-5-11(6-8-13)18(23)27-4/h5-10H,1-4H3,(H2,20,21,22,28). The molecule has 0 aliphatic carbocycles. The summed E-state index contributed by atoms with van der Waals surface area (Å²) in [6.45, 7) is 0. The van der Waals surface area contributed by atoms with E-state index in [9.17, 15) is 9.59 Å². The van der Waals surface area contributed by atoms with E-state index in [-0.39, 0.29) is 10.7 Å². The van der Waals surface area contributed by atoms with Gasteiger partial charge in [-0.15, -0.1) is 0 Å². The Bertz CT molecular complexity index is 857. The SMILES string of the molecule is COC(=O)c1ccc(NC(=S)NC(=O)c2cc(OC)c(OC)c(OC)c2)cc1. The molecule has 0 radical (unpaired) electrons. The third kappa shape index (κ3) is 4.89. The Morgan fingerprint density at radius 1 is 0.857 bits per heavy atom. The minimum atomic E-state index is -0.456. The summed E-state index contributed by atoms with van der Waals surface area (Å²) in [6, 6.07) is 9.48. The summed E-state index contributed by atoms with van der Waals surface area (Å²) < 4.78 is 20.4. The minimum Gasteiger partial charge on any atom is -0.493 e. The van der Waals surface area contributed by atoms with Crippen LogP contribution in [0.3, 0.4) is 0 Å². The van der Waals surface area contributed by atoms with Crippen LogP contribution >= 0.6 is 12.2 Å². The molecule has 0 spiro atoms. The van der Waals surface area contributed by atoms with Crippen LogP contribution in [0, 0.1) is 0 Å². The minimum absolute atomic E-state index is 0.0876. The number of rotatable bonds is 6. The highest BCUT2D eigenvalue weighted by Gasteiger charge is 2.17. The highest BCUT2D eigenvalue weighted by Crippen LogP contribution is 2.38. The van der Waals surface area contributed by atoms with Gasteiger partial charge in [0.1, 0.15) is 0 Å². The molecule has 8 nitrogen and oxygen atoms in total. The van der Waals surface area contributed by atoms with Crippen LogP contribution in [0.1, 0.15) is 20.7 Å². The van der Waals surface area contributed by atoms with Gasteiger partial charge < -0.3 is 24.3 Å². The summed E-state index contributed by atoms with van der Waals surface area (Å²) >= 11 is 5.17. The lowest BCUT2D eigenvalue weighted by Gasteiger charge is -2.14. The fourth-order valence-electron chi connectivity index (χ4n) is 2.36. The Hall–Kier alpha value is -3.33. The predicted molar refractivity (Wildman–Crippen MR) is 108 cm³/mol. The average Bonchev–Trinajstić information content (AvgIpc) is 2.72. The number of nitrogens with one attached hydrogen (secondary N) is 2. The van der Waals surface area contributed by atoms with E-state index in [0.29, 0.717) is 28.5 Å². The quantitative estimate of drug-likeness (QED) is 0.560. The number of esters is 1. The Kier molecular flexibility index (Phi) is 7.16. The summed E-state index contributed by atoms with van der Waals surface area (Å²) in [5.74, 6) is 0.189. The van der Waals surface area contributed by atoms with Crippen molar-refractivity contribution >= 4 is 34.9 Å². The van der Waals surface area contributed by atoms with E-state index in [0.717, 1.165) is 0 Å². The second kappa shape index (κ2) is 9.56. The Labute approximate surface area is 167 Å². The molecule has 2 aromatic rings. The number of hydrogen-bond acceptors (Lipinski definition) is 7. The summed E-state index contributed by atoms with van der Waals surface area (Å²) in [6.07, 6.45) is 0. The largest absolute Gasteiger partial charge is 0.493 e. The molecule has 0 aromatic heterocycles. The van der Waals surface area contributed by atoms with Crippen LogP contribution in [-0.4, -0.2) is 45.4 Å². The second-order valence-corrected chi connectivity index (χ2v) is 5.80. The van der Waals surface area contributed by atoms with Crippen molar-refractivity contribution in [1.29, 1.82) is 0 Å². The van der Waals surface area contributed by atoms with Gasteiger partial charge in [-0.2, -0.15) is 0 Å². The van der Waals surface area contributed by atoms with Gasteiger partial charge in [-0.25, -0.2) is 4.79 Å². The number of anilines is 1. The van der Waals surface area contributed by atoms with Crippen molar-refractivity contribution in [3.8, 4) is 17.2 Å². The Morgan fingerprint density at radius 3 is 1.89 bits per heavy atom. The van der Waals surface area contributed by atoms with Gasteiger partial charge >= 0.3 is 5.97 Å². The number of methoxy groups -OCH3 is 4. The molecule has 2 aromatic carbocycles. The third-order valence-electron chi connectivity index (χ3n) is 3.72. The number of thiocarbonyl (C=S) groups is 1. The highest BCUT2D eigenvalue weighted by molar-refractivity contribution is 7.80. The molecule has 0 bridgehead atoms. The van der Waals surface area contributed by atoms with Gasteiger partial charge in [0, 0.05) is 11.3 Å². The van der Waals surface area contributed by atoms with Gasteiger partial charge in [-0.3, -0.25) is 10.1 Å². The molecule has 0 atom stereocenters. The van der Waals surface area contributed by atoms with Crippen LogP contribution in [0.25, 0.3) is 0 Å². The van der Waals surface area contributed by atoms with Crippen molar-refractivity contribution in [3.05, 3.63) is 47.5 Å². The van der Waals surface area contributed by atoms with Crippen molar-refractivity contribution in [3.63, 3.8) is 0 Å². The fraction of sp³-hybridized carbons (Fsp3) is 0.211. The summed E-state index contributed by atoms with van der Waals surface area (Å²) in [7, 11) is 5.71. The van der Waals surface area contributed by atoms with E-state index in [1.54, 1.807) is 24.3 Å². The summed E-state index contributed by atoms with van der Waals surface area (Å²) in [5.41, 5.74) is 1.28. The number of benzene rings is 2. The smallest absolute Gasteiger partial charge is 0.337 e. The molecule has 0 saturated heterocycles. The van der Waals surface area contributed by atoms with E-state index in [1.165, 1.54) is 40.6 Å². The monoisotopic (exact) mass is 404 g/mol. The zero-order chi connectivity index (χ0) is 20.7. The molecule has 1 amide bonds. The molecule has 2 N–H and O–H groups in total. The lowest BCUT2D eigenvalue weighted by molar-refractivity contribution is 0.0600. The normalized spacial score (nSPS) is 9.86. The van der Waals surface area contributed by atoms with E-state index in [2.05, 4.69) is 15.4 Å². The predicted octanol–water partition coefficient (Wildman–Crippen LogP) is 2.63. The number of hydrogen-bond donors (Lipinski definition) is 2. The maximum atomic E-state index is 12.5. The van der Waals surface area contributed by atoms with Crippen LogP contribution in [-0.2, 0) is 4.74 Å². The number of carbonyl (C=O) groups is 2. The number of ether oxygens (including phenoxy) is 4. The lowest BCUT2D eigenvalue weighted by Crippen LogP contribution is -2.34. The van der Waals surface area contributed by atoms with Crippen molar-refractivity contribution in [2.45, 2.75) is 0 Å². The van der Waals surface area contributed by atoms with Gasteiger partial charge in [0.15, 0.2) is 16.6 Å². The molecule has 9 heteroatoms. The number of carbonyl (C=O) groups excluding carboxylic acids is 2. The molecule has 0 aliphatic rings. The molecular weight excluding hydrogens is 384 g/mol. The fourth-order valence-corrected chi connectivity index (χ4v) is 2.57. The van der Waals surface area contributed by atoms with Crippen molar-refractivity contribution < 1.29 is 28.5 Å². The van der Waals surface area contributed by atoms with Gasteiger partial charge in [0.25, 0.3) is 5.91 Å². The first-order chi connectivity index (χ1) is 13.4. The van der Waals surface area contributed by atoms with Gasteiger partial charge in [0.2, 0.25) is 5.75 Å². The molecule has 2 rings (SSSR count). The summed E-state index contributed by atoms with van der Waals surface area (Å²) in [5, 5.41) is 5.53. The average molecular weight is 404 g/mol. The maximum Gasteiger partial charge on any atom is 0.337 e. The molecule has 0 heterocycles. The maximum absolute atomic E-state index is 12.5. The van der Waals surface area contributed by atoms with Crippen LogP contribution in [0.4, 0.5) is 5.69 Å². The Morgan fingerprint density at radius 2 is 1.43 bits per heavy atom. The van der Waals surface area contributed by atoms with Crippen LogP contribution < -0.4 is 24.8 Å². The topological polar surface area (TPSA) is 95.1 Å².